The van der Waals surface area contributed by atoms with Gasteiger partial charge in [0.1, 0.15) is 17.2 Å². The molecule has 0 bridgehead atoms. The first kappa shape index (κ1) is 18.2. The number of hydrogen-bond donors (Lipinski definition) is 1. The summed E-state index contributed by atoms with van der Waals surface area (Å²) in [5.74, 6) is 1.79. The molecular weight excluding hydrogens is 370 g/mol. The Balaban J connectivity index is 1.47. The van der Waals surface area contributed by atoms with Gasteiger partial charge in [0, 0.05) is 11.1 Å². The zero-order valence-corrected chi connectivity index (χ0v) is 15.5. The van der Waals surface area contributed by atoms with Gasteiger partial charge in [-0.2, -0.15) is 0 Å². The van der Waals surface area contributed by atoms with Crippen LogP contribution >= 0.6 is 0 Å². The summed E-state index contributed by atoms with van der Waals surface area (Å²) in [6.07, 6.45) is 0. The fourth-order valence-corrected chi connectivity index (χ4v) is 2.64. The molecule has 1 aromatic heterocycles. The number of ether oxygens (including phenoxy) is 2. The van der Waals surface area contributed by atoms with E-state index in [0.29, 0.717) is 28.4 Å². The highest BCUT2D eigenvalue weighted by atomic mass is 16.5. The number of rotatable bonds is 6. The van der Waals surface area contributed by atoms with E-state index in [0.717, 1.165) is 0 Å². The first-order chi connectivity index (χ1) is 14.2. The average molecular weight is 387 g/mol. The average Bonchev–Trinajstić information content (AvgIpc) is 3.23. The highest BCUT2D eigenvalue weighted by molar-refractivity contribution is 6.03. The van der Waals surface area contributed by atoms with E-state index >= 15 is 0 Å². The monoisotopic (exact) mass is 387 g/mol. The van der Waals surface area contributed by atoms with E-state index in [4.69, 9.17) is 13.9 Å². The third-order valence-corrected chi connectivity index (χ3v) is 4.04. The van der Waals surface area contributed by atoms with E-state index in [1.165, 1.54) is 0 Å². The second-order valence-corrected chi connectivity index (χ2v) is 6.04. The van der Waals surface area contributed by atoms with Gasteiger partial charge in [-0.3, -0.25) is 10.1 Å². The SMILES string of the molecule is COc1cccc(-c2nnc(NC(=O)c3cccc(Oc4ccccc4)c3)o2)c1. The molecule has 4 rings (SSSR count). The van der Waals surface area contributed by atoms with E-state index < -0.39 is 0 Å². The lowest BCUT2D eigenvalue weighted by molar-refractivity contribution is 0.102. The first-order valence-electron chi connectivity index (χ1n) is 8.83. The molecule has 0 aliphatic rings. The van der Waals surface area contributed by atoms with Gasteiger partial charge in [-0.05, 0) is 48.5 Å². The Morgan fingerprint density at radius 3 is 2.45 bits per heavy atom. The Kier molecular flexibility index (Phi) is 5.20. The van der Waals surface area contributed by atoms with Gasteiger partial charge in [0.15, 0.2) is 0 Å². The van der Waals surface area contributed by atoms with Crippen LogP contribution in [0.2, 0.25) is 0 Å². The lowest BCUT2D eigenvalue weighted by atomic mass is 10.2. The summed E-state index contributed by atoms with van der Waals surface area (Å²) >= 11 is 0. The van der Waals surface area contributed by atoms with Crippen LogP contribution in [0.5, 0.6) is 17.2 Å². The van der Waals surface area contributed by atoms with E-state index in [2.05, 4.69) is 15.5 Å². The fourth-order valence-electron chi connectivity index (χ4n) is 2.64. The molecule has 0 radical (unpaired) electrons. The number of hydrogen-bond acceptors (Lipinski definition) is 6. The molecule has 1 N–H and O–H groups in total. The largest absolute Gasteiger partial charge is 0.497 e. The molecule has 0 aliphatic carbocycles. The molecule has 3 aromatic carbocycles. The number of nitrogens with zero attached hydrogens (tertiary/aromatic N) is 2. The van der Waals surface area contributed by atoms with Gasteiger partial charge in [-0.15, -0.1) is 5.10 Å². The van der Waals surface area contributed by atoms with E-state index in [9.17, 15) is 4.79 Å². The summed E-state index contributed by atoms with van der Waals surface area (Å²) in [6, 6.07) is 23.4. The third-order valence-electron chi connectivity index (χ3n) is 4.04. The van der Waals surface area contributed by atoms with Crippen molar-refractivity contribution in [3.8, 4) is 28.7 Å². The number of carbonyl (C=O) groups is 1. The van der Waals surface area contributed by atoms with Gasteiger partial charge >= 0.3 is 6.01 Å². The molecule has 7 heteroatoms. The van der Waals surface area contributed by atoms with E-state index in [-0.39, 0.29) is 17.8 Å². The number of anilines is 1. The lowest BCUT2D eigenvalue weighted by Crippen LogP contribution is -2.12. The maximum absolute atomic E-state index is 12.6. The topological polar surface area (TPSA) is 86.5 Å². The van der Waals surface area contributed by atoms with Crippen LogP contribution in [0.15, 0.2) is 83.3 Å². The number of para-hydroxylation sites is 1. The summed E-state index contributed by atoms with van der Waals surface area (Å²) in [4.78, 5) is 12.6. The quantitative estimate of drug-likeness (QED) is 0.512. The number of amides is 1. The van der Waals surface area contributed by atoms with Crippen molar-refractivity contribution < 1.29 is 18.7 Å². The number of benzene rings is 3. The van der Waals surface area contributed by atoms with Crippen molar-refractivity contribution in [1.29, 1.82) is 0 Å². The number of nitrogens with one attached hydrogen (secondary N) is 1. The van der Waals surface area contributed by atoms with Crippen molar-refractivity contribution in [3.05, 3.63) is 84.4 Å². The van der Waals surface area contributed by atoms with E-state index in [1.807, 2.05) is 48.5 Å². The van der Waals surface area contributed by atoms with Gasteiger partial charge in [0.05, 0.1) is 7.11 Å². The second kappa shape index (κ2) is 8.26. The maximum Gasteiger partial charge on any atom is 0.322 e. The predicted octanol–water partition coefficient (Wildman–Crippen LogP) is 4.79. The normalized spacial score (nSPS) is 10.4. The van der Waals surface area contributed by atoms with Gasteiger partial charge in [-0.1, -0.05) is 35.4 Å². The summed E-state index contributed by atoms with van der Waals surface area (Å²) in [7, 11) is 1.58. The van der Waals surface area contributed by atoms with Crippen LogP contribution in [0.1, 0.15) is 10.4 Å². The standard InChI is InChI=1S/C22H17N3O4/c1-27-18-11-6-8-16(14-18)21-24-25-22(29-21)23-20(26)15-7-5-12-19(13-15)28-17-9-3-2-4-10-17/h2-14H,1H3,(H,23,25,26). The van der Waals surface area contributed by atoms with Crippen LogP contribution in [0.4, 0.5) is 6.01 Å². The molecule has 1 amide bonds. The Hall–Kier alpha value is -4.13. The van der Waals surface area contributed by atoms with Crippen LogP contribution in [0.3, 0.4) is 0 Å². The zero-order chi connectivity index (χ0) is 20.1. The summed E-state index contributed by atoms with van der Waals surface area (Å²) < 4.78 is 16.5. The van der Waals surface area contributed by atoms with Crippen molar-refractivity contribution in [2.45, 2.75) is 0 Å². The minimum Gasteiger partial charge on any atom is -0.497 e. The van der Waals surface area contributed by atoms with Crippen molar-refractivity contribution in [2.24, 2.45) is 0 Å². The lowest BCUT2D eigenvalue weighted by Gasteiger charge is -2.07. The number of methoxy groups -OCH3 is 1. The molecule has 0 atom stereocenters. The Morgan fingerprint density at radius 2 is 1.62 bits per heavy atom. The molecular formula is C22H17N3O4. The van der Waals surface area contributed by atoms with Crippen LogP contribution in [0, 0.1) is 0 Å². The Bertz CT molecular complexity index is 1130. The molecule has 0 aliphatic heterocycles. The van der Waals surface area contributed by atoms with Crippen molar-refractivity contribution in [3.63, 3.8) is 0 Å². The number of carbonyl (C=O) groups excluding carboxylic acids is 1. The van der Waals surface area contributed by atoms with Gasteiger partial charge in [0.2, 0.25) is 5.89 Å². The molecule has 0 fully saturated rings. The third kappa shape index (κ3) is 4.41. The van der Waals surface area contributed by atoms with Crippen molar-refractivity contribution in [1.82, 2.24) is 10.2 Å². The smallest absolute Gasteiger partial charge is 0.322 e. The number of aromatic nitrogens is 2. The molecule has 7 nitrogen and oxygen atoms in total. The molecule has 144 valence electrons. The second-order valence-electron chi connectivity index (χ2n) is 6.04. The summed E-state index contributed by atoms with van der Waals surface area (Å²) in [6.45, 7) is 0. The molecule has 29 heavy (non-hydrogen) atoms. The van der Waals surface area contributed by atoms with E-state index in [1.54, 1.807) is 37.4 Å². The minimum atomic E-state index is -0.385. The fraction of sp³-hybridized carbons (Fsp3) is 0.0455. The highest BCUT2D eigenvalue weighted by Gasteiger charge is 2.14. The summed E-state index contributed by atoms with van der Waals surface area (Å²) in [5.41, 5.74) is 1.09. The Morgan fingerprint density at radius 1 is 0.862 bits per heavy atom. The van der Waals surface area contributed by atoms with Crippen molar-refractivity contribution >= 4 is 11.9 Å². The van der Waals surface area contributed by atoms with Gasteiger partial charge in [0.25, 0.3) is 5.91 Å². The van der Waals surface area contributed by atoms with Gasteiger partial charge < -0.3 is 13.9 Å². The molecule has 0 saturated heterocycles. The highest BCUT2D eigenvalue weighted by Crippen LogP contribution is 2.25. The molecule has 0 spiro atoms. The van der Waals surface area contributed by atoms with Crippen LogP contribution < -0.4 is 14.8 Å². The predicted molar refractivity (Wildman–Crippen MR) is 107 cm³/mol. The van der Waals surface area contributed by atoms with Crippen LogP contribution in [-0.2, 0) is 0 Å². The minimum absolute atomic E-state index is 0.00204. The maximum atomic E-state index is 12.6. The molecule has 1 heterocycles. The zero-order valence-electron chi connectivity index (χ0n) is 15.5. The first-order valence-corrected chi connectivity index (χ1v) is 8.83. The van der Waals surface area contributed by atoms with Gasteiger partial charge in [-0.25, -0.2) is 0 Å². The van der Waals surface area contributed by atoms with Crippen LogP contribution in [0.25, 0.3) is 11.5 Å². The summed E-state index contributed by atoms with van der Waals surface area (Å²) in [5, 5.41) is 10.5. The Labute approximate surface area is 166 Å². The van der Waals surface area contributed by atoms with Crippen LogP contribution in [-0.4, -0.2) is 23.2 Å². The molecule has 0 saturated carbocycles. The van der Waals surface area contributed by atoms with Crippen molar-refractivity contribution in [2.75, 3.05) is 12.4 Å². The molecule has 4 aromatic rings. The molecule has 0 unspecified atom stereocenters.